The molecule has 3 rings (SSSR count). The molecule has 0 atom stereocenters. The van der Waals surface area contributed by atoms with Gasteiger partial charge in [0, 0.05) is 16.7 Å². The highest BCUT2D eigenvalue weighted by molar-refractivity contribution is 6.30. The number of nitrogens with zero attached hydrogens (tertiary/aromatic N) is 3. The van der Waals surface area contributed by atoms with Crippen molar-refractivity contribution in [3.05, 3.63) is 51.8 Å². The molecule has 0 saturated heterocycles. The van der Waals surface area contributed by atoms with Crippen LogP contribution in [0, 0.1) is 23.0 Å². The lowest BCUT2D eigenvalue weighted by Crippen LogP contribution is -2.32. The number of hydrogen-bond donors (Lipinski definition) is 2. The topological polar surface area (TPSA) is 90.9 Å². The number of rotatable bonds is 8. The number of carboxylic acids is 1. The van der Waals surface area contributed by atoms with Crippen LogP contribution >= 0.6 is 11.6 Å². The average Bonchev–Trinajstić information content (AvgIpc) is 3.30. The minimum Gasteiger partial charge on any atom is -0.476 e. The number of halogens is 3. The lowest BCUT2D eigenvalue weighted by Gasteiger charge is -2.13. The number of nitriles is 1. The minimum absolute atomic E-state index is 0.0296. The zero-order valence-corrected chi connectivity index (χ0v) is 15.1. The van der Waals surface area contributed by atoms with Gasteiger partial charge in [-0.2, -0.15) is 10.4 Å². The third-order valence-electron chi connectivity index (χ3n) is 4.70. The molecule has 1 aliphatic rings. The van der Waals surface area contributed by atoms with Crippen LogP contribution in [-0.4, -0.2) is 32.9 Å². The van der Waals surface area contributed by atoms with Crippen molar-refractivity contribution in [3.63, 3.8) is 0 Å². The maximum absolute atomic E-state index is 13.9. The van der Waals surface area contributed by atoms with Crippen molar-refractivity contribution in [2.24, 2.45) is 0 Å². The summed E-state index contributed by atoms with van der Waals surface area (Å²) in [4.78, 5) is 11.5. The van der Waals surface area contributed by atoms with Crippen molar-refractivity contribution in [1.29, 1.82) is 5.26 Å². The van der Waals surface area contributed by atoms with Crippen LogP contribution in [0.15, 0.2) is 18.2 Å². The van der Waals surface area contributed by atoms with Crippen LogP contribution in [-0.2, 0) is 13.0 Å². The number of hydrogen-bond acceptors (Lipinski definition) is 4. The molecule has 142 valence electrons. The maximum Gasteiger partial charge on any atom is 0.356 e. The number of aromatic nitrogens is 2. The normalized spacial score (nSPS) is 14.7. The maximum atomic E-state index is 13.9. The number of nitrogens with one attached hydrogen (secondary N) is 1. The molecule has 1 aromatic carbocycles. The first-order valence-corrected chi connectivity index (χ1v) is 8.78. The molecular formula is C18H17ClF2N4O2. The molecule has 2 N–H and O–H groups in total. The van der Waals surface area contributed by atoms with Crippen molar-refractivity contribution in [3.8, 4) is 6.07 Å². The monoisotopic (exact) mass is 394 g/mol. The number of carboxylic acid groups (broad SMARTS) is 1. The summed E-state index contributed by atoms with van der Waals surface area (Å²) in [6.07, 6.45) is 2.45. The molecule has 27 heavy (non-hydrogen) atoms. The number of carbonyl (C=O) groups is 1. The van der Waals surface area contributed by atoms with E-state index in [2.05, 4.69) is 16.5 Å². The second-order valence-corrected chi connectivity index (χ2v) is 6.93. The standard InChI is InChI=1S/C18H17ClF2N4O2/c19-16-11(4-9-23-18(5-6-18)7-8-22)15(17(26)27)24-25(16)10-12-13(20)2-1-3-14(12)21/h1-3,23H,4-7,9-10H2,(H,26,27). The van der Waals surface area contributed by atoms with Crippen molar-refractivity contribution in [1.82, 2.24) is 15.1 Å². The molecule has 9 heteroatoms. The van der Waals surface area contributed by atoms with Gasteiger partial charge in [-0.25, -0.2) is 18.3 Å². The van der Waals surface area contributed by atoms with E-state index in [-0.39, 0.29) is 34.9 Å². The molecular weight excluding hydrogens is 378 g/mol. The first-order valence-electron chi connectivity index (χ1n) is 8.40. The zero-order chi connectivity index (χ0) is 19.6. The molecule has 0 aliphatic heterocycles. The first kappa shape index (κ1) is 19.3. The van der Waals surface area contributed by atoms with Crippen LogP contribution in [0.5, 0.6) is 0 Å². The quantitative estimate of drug-likeness (QED) is 0.717. The van der Waals surface area contributed by atoms with E-state index in [0.29, 0.717) is 18.5 Å². The Morgan fingerprint density at radius 3 is 2.59 bits per heavy atom. The van der Waals surface area contributed by atoms with Gasteiger partial charge in [0.05, 0.1) is 19.0 Å². The Morgan fingerprint density at radius 2 is 2.04 bits per heavy atom. The van der Waals surface area contributed by atoms with E-state index < -0.39 is 17.6 Å². The highest BCUT2D eigenvalue weighted by Gasteiger charge is 2.41. The number of aromatic carboxylic acids is 1. The van der Waals surface area contributed by atoms with Crippen LogP contribution < -0.4 is 5.32 Å². The van der Waals surface area contributed by atoms with Gasteiger partial charge in [0.2, 0.25) is 0 Å². The lowest BCUT2D eigenvalue weighted by atomic mass is 10.1. The molecule has 1 fully saturated rings. The molecule has 1 aromatic heterocycles. The Balaban J connectivity index is 1.80. The van der Waals surface area contributed by atoms with Crippen LogP contribution in [0.25, 0.3) is 0 Å². The molecule has 1 aliphatic carbocycles. The molecule has 0 spiro atoms. The van der Waals surface area contributed by atoms with Crippen LogP contribution in [0.4, 0.5) is 8.78 Å². The SMILES string of the molecule is N#CCC1(NCCc2c(C(=O)O)nn(Cc3c(F)cccc3F)c2Cl)CC1. The first-order chi connectivity index (χ1) is 12.9. The van der Waals surface area contributed by atoms with Crippen molar-refractivity contribution >= 4 is 17.6 Å². The van der Waals surface area contributed by atoms with E-state index >= 15 is 0 Å². The minimum atomic E-state index is -1.27. The van der Waals surface area contributed by atoms with Crippen molar-refractivity contribution < 1.29 is 18.7 Å². The Morgan fingerprint density at radius 1 is 1.37 bits per heavy atom. The van der Waals surface area contributed by atoms with Gasteiger partial charge >= 0.3 is 5.97 Å². The fourth-order valence-corrected chi connectivity index (χ4v) is 3.26. The van der Waals surface area contributed by atoms with Gasteiger partial charge < -0.3 is 10.4 Å². The zero-order valence-electron chi connectivity index (χ0n) is 14.3. The van der Waals surface area contributed by atoms with Gasteiger partial charge in [-0.3, -0.25) is 0 Å². The summed E-state index contributed by atoms with van der Waals surface area (Å²) in [5.41, 5.74) is -0.393. The predicted molar refractivity (Wildman–Crippen MR) is 93.6 cm³/mol. The smallest absolute Gasteiger partial charge is 0.356 e. The number of benzene rings is 1. The highest BCUT2D eigenvalue weighted by atomic mass is 35.5. The Labute approximate surface area is 159 Å². The summed E-state index contributed by atoms with van der Waals surface area (Å²) in [6, 6.07) is 5.60. The molecule has 0 bridgehead atoms. The summed E-state index contributed by atoms with van der Waals surface area (Å²) in [7, 11) is 0. The molecule has 1 heterocycles. The highest BCUT2D eigenvalue weighted by Crippen LogP contribution is 2.38. The van der Waals surface area contributed by atoms with Gasteiger partial charge in [0.25, 0.3) is 0 Å². The predicted octanol–water partition coefficient (Wildman–Crippen LogP) is 3.14. The largest absolute Gasteiger partial charge is 0.476 e. The van der Waals surface area contributed by atoms with E-state index in [9.17, 15) is 18.7 Å². The van der Waals surface area contributed by atoms with Gasteiger partial charge in [-0.05, 0) is 37.9 Å². The second-order valence-electron chi connectivity index (χ2n) is 6.57. The van der Waals surface area contributed by atoms with Crippen molar-refractivity contribution in [2.45, 2.75) is 37.8 Å². The fourth-order valence-electron chi connectivity index (χ4n) is 2.98. The molecule has 6 nitrogen and oxygen atoms in total. The van der Waals surface area contributed by atoms with E-state index in [1.165, 1.54) is 6.07 Å². The summed E-state index contributed by atoms with van der Waals surface area (Å²) < 4.78 is 28.8. The summed E-state index contributed by atoms with van der Waals surface area (Å²) in [5, 5.41) is 25.4. The molecule has 0 unspecified atom stereocenters. The summed E-state index contributed by atoms with van der Waals surface area (Å²) in [5.74, 6) is -2.78. The third kappa shape index (κ3) is 4.10. The van der Waals surface area contributed by atoms with Gasteiger partial charge in [0.15, 0.2) is 5.69 Å². The molecule has 1 saturated carbocycles. The fraction of sp³-hybridized carbons (Fsp3) is 0.389. The van der Waals surface area contributed by atoms with Crippen LogP contribution in [0.1, 0.15) is 40.9 Å². The molecule has 0 amide bonds. The van der Waals surface area contributed by atoms with Gasteiger partial charge in [-0.15, -0.1) is 0 Å². The second kappa shape index (κ2) is 7.62. The van der Waals surface area contributed by atoms with E-state index in [1.54, 1.807) is 0 Å². The average molecular weight is 395 g/mol. The van der Waals surface area contributed by atoms with Gasteiger partial charge in [0.1, 0.15) is 16.8 Å². The van der Waals surface area contributed by atoms with Crippen LogP contribution in [0.3, 0.4) is 0 Å². The van der Waals surface area contributed by atoms with E-state index in [4.69, 9.17) is 16.9 Å². The summed E-state index contributed by atoms with van der Waals surface area (Å²) in [6.45, 7) is 0.102. The Kier molecular flexibility index (Phi) is 5.44. The van der Waals surface area contributed by atoms with Crippen LogP contribution in [0.2, 0.25) is 5.15 Å². The Bertz CT molecular complexity index is 899. The molecule has 2 aromatic rings. The molecule has 0 radical (unpaired) electrons. The lowest BCUT2D eigenvalue weighted by molar-refractivity contribution is 0.0688. The third-order valence-corrected chi connectivity index (χ3v) is 5.12. The van der Waals surface area contributed by atoms with Gasteiger partial charge in [-0.1, -0.05) is 17.7 Å². The Hall–Kier alpha value is -2.50. The van der Waals surface area contributed by atoms with Crippen molar-refractivity contribution in [2.75, 3.05) is 6.54 Å². The van der Waals surface area contributed by atoms with E-state index in [0.717, 1.165) is 29.7 Å². The van der Waals surface area contributed by atoms with E-state index in [1.807, 2.05) is 0 Å². The summed E-state index contributed by atoms with van der Waals surface area (Å²) >= 11 is 6.27.